The lowest BCUT2D eigenvalue weighted by Gasteiger charge is -2.33. The highest BCUT2D eigenvalue weighted by Gasteiger charge is 2.34. The van der Waals surface area contributed by atoms with E-state index >= 15 is 0 Å². The maximum atomic E-state index is 13.5. The summed E-state index contributed by atoms with van der Waals surface area (Å²) in [5.74, 6) is 0.00841. The summed E-state index contributed by atoms with van der Waals surface area (Å²) in [6.45, 7) is -0.261. The fourth-order valence-corrected chi connectivity index (χ4v) is 6.02. The van der Waals surface area contributed by atoms with Gasteiger partial charge < -0.3 is 10.1 Å². The highest BCUT2D eigenvalue weighted by molar-refractivity contribution is 9.10. The number of amides is 1. The minimum Gasteiger partial charge on any atom is -0.495 e. The van der Waals surface area contributed by atoms with Gasteiger partial charge in [0, 0.05) is 16.2 Å². The van der Waals surface area contributed by atoms with Crippen molar-refractivity contribution in [2.75, 3.05) is 19.0 Å². The van der Waals surface area contributed by atoms with E-state index in [-0.39, 0.29) is 28.4 Å². The van der Waals surface area contributed by atoms with Gasteiger partial charge in [-0.05, 0) is 49.2 Å². The Morgan fingerprint density at radius 3 is 2.57 bits per heavy atom. The summed E-state index contributed by atoms with van der Waals surface area (Å²) in [7, 11) is -2.45. The van der Waals surface area contributed by atoms with Crippen molar-refractivity contribution in [1.29, 1.82) is 0 Å². The summed E-state index contributed by atoms with van der Waals surface area (Å²) >= 11 is 9.53. The summed E-state index contributed by atoms with van der Waals surface area (Å²) in [4.78, 5) is 12.8. The Morgan fingerprint density at radius 1 is 1.20 bits per heavy atom. The molecule has 0 saturated heterocycles. The van der Waals surface area contributed by atoms with E-state index in [4.69, 9.17) is 16.3 Å². The van der Waals surface area contributed by atoms with E-state index in [1.807, 2.05) is 6.07 Å². The number of anilines is 1. The molecule has 0 atom stereocenters. The van der Waals surface area contributed by atoms with Crippen LogP contribution in [0.2, 0.25) is 5.02 Å². The maximum Gasteiger partial charge on any atom is 0.243 e. The zero-order valence-electron chi connectivity index (χ0n) is 16.6. The van der Waals surface area contributed by atoms with Crippen LogP contribution in [0.5, 0.6) is 5.75 Å². The molecule has 1 aliphatic carbocycles. The topological polar surface area (TPSA) is 75.7 Å². The Balaban J connectivity index is 1.87. The number of methoxy groups -OCH3 is 1. The first-order valence-electron chi connectivity index (χ1n) is 9.72. The molecule has 30 heavy (non-hydrogen) atoms. The molecule has 2 aromatic carbocycles. The van der Waals surface area contributed by atoms with E-state index in [0.29, 0.717) is 11.4 Å². The predicted octanol–water partition coefficient (Wildman–Crippen LogP) is 5.07. The normalized spacial score (nSPS) is 15.2. The molecule has 0 aliphatic heterocycles. The van der Waals surface area contributed by atoms with Crippen molar-refractivity contribution < 1.29 is 17.9 Å². The number of carbonyl (C=O) groups excluding carboxylic acids is 1. The van der Waals surface area contributed by atoms with Gasteiger partial charge in [0.15, 0.2) is 0 Å². The van der Waals surface area contributed by atoms with Crippen molar-refractivity contribution in [3.05, 3.63) is 52.0 Å². The van der Waals surface area contributed by atoms with Gasteiger partial charge in [-0.25, -0.2) is 8.42 Å². The Hall–Kier alpha value is -1.61. The van der Waals surface area contributed by atoms with Crippen LogP contribution in [0.1, 0.15) is 32.1 Å². The average molecular weight is 516 g/mol. The number of ether oxygens (including phenoxy) is 1. The van der Waals surface area contributed by atoms with Crippen LogP contribution in [-0.2, 0) is 14.8 Å². The van der Waals surface area contributed by atoms with Crippen LogP contribution in [0.3, 0.4) is 0 Å². The Labute approximate surface area is 190 Å². The lowest BCUT2D eigenvalue weighted by atomic mass is 9.95. The number of carbonyl (C=O) groups is 1. The highest BCUT2D eigenvalue weighted by Crippen LogP contribution is 2.32. The van der Waals surface area contributed by atoms with Crippen LogP contribution in [0, 0.1) is 0 Å². The third kappa shape index (κ3) is 5.55. The molecule has 1 aliphatic rings. The first-order valence-corrected chi connectivity index (χ1v) is 12.3. The third-order valence-corrected chi connectivity index (χ3v) is 7.80. The summed E-state index contributed by atoms with van der Waals surface area (Å²) in [5, 5.41) is 2.99. The Bertz CT molecular complexity index is 1010. The SMILES string of the molecule is COc1ccc(S(=O)(=O)N(CC(=O)Nc2cccc(Br)c2)C2CCCCC2)cc1Cl. The minimum atomic E-state index is -3.92. The first kappa shape index (κ1) is 23.1. The second kappa shape index (κ2) is 10.1. The second-order valence-corrected chi connectivity index (χ2v) is 10.4. The van der Waals surface area contributed by atoms with E-state index in [2.05, 4.69) is 21.2 Å². The number of nitrogens with one attached hydrogen (secondary N) is 1. The summed E-state index contributed by atoms with van der Waals surface area (Å²) in [6, 6.07) is 11.3. The fourth-order valence-electron chi connectivity index (χ4n) is 3.63. The van der Waals surface area contributed by atoms with Gasteiger partial charge in [-0.1, -0.05) is 52.9 Å². The molecule has 0 bridgehead atoms. The fraction of sp³-hybridized carbons (Fsp3) is 0.381. The van der Waals surface area contributed by atoms with Crippen LogP contribution >= 0.6 is 27.5 Å². The Kier molecular flexibility index (Phi) is 7.79. The molecule has 162 valence electrons. The standard InChI is InChI=1S/C21H24BrClN2O4S/c1-29-20-11-10-18(13-19(20)23)30(27,28)25(17-8-3-2-4-9-17)14-21(26)24-16-7-5-6-15(22)12-16/h5-7,10-13,17H,2-4,8-9,14H2,1H3,(H,24,26). The summed E-state index contributed by atoms with van der Waals surface area (Å²) < 4.78 is 34.2. The van der Waals surface area contributed by atoms with Crippen LogP contribution in [0.4, 0.5) is 5.69 Å². The molecule has 6 nitrogen and oxygen atoms in total. The van der Waals surface area contributed by atoms with Gasteiger partial charge in [-0.3, -0.25) is 4.79 Å². The van der Waals surface area contributed by atoms with Crippen molar-refractivity contribution in [3.8, 4) is 5.75 Å². The van der Waals surface area contributed by atoms with E-state index in [1.54, 1.807) is 18.2 Å². The molecule has 1 N–H and O–H groups in total. The smallest absolute Gasteiger partial charge is 0.243 e. The van der Waals surface area contributed by atoms with Gasteiger partial charge in [0.2, 0.25) is 15.9 Å². The van der Waals surface area contributed by atoms with Crippen molar-refractivity contribution in [1.82, 2.24) is 4.31 Å². The monoisotopic (exact) mass is 514 g/mol. The minimum absolute atomic E-state index is 0.0501. The van der Waals surface area contributed by atoms with Crippen molar-refractivity contribution in [3.63, 3.8) is 0 Å². The molecule has 1 fully saturated rings. The van der Waals surface area contributed by atoms with Crippen molar-refractivity contribution in [2.45, 2.75) is 43.0 Å². The molecule has 3 rings (SSSR count). The number of sulfonamides is 1. The highest BCUT2D eigenvalue weighted by atomic mass is 79.9. The van der Waals surface area contributed by atoms with E-state index in [9.17, 15) is 13.2 Å². The average Bonchev–Trinajstić information content (AvgIpc) is 2.72. The number of rotatable bonds is 7. The van der Waals surface area contributed by atoms with Crippen molar-refractivity contribution >= 4 is 49.1 Å². The molecule has 1 amide bonds. The number of benzene rings is 2. The van der Waals surface area contributed by atoms with Crippen LogP contribution in [0.15, 0.2) is 51.8 Å². The van der Waals surface area contributed by atoms with Gasteiger partial charge in [0.1, 0.15) is 5.75 Å². The van der Waals surface area contributed by atoms with Crippen LogP contribution < -0.4 is 10.1 Å². The maximum absolute atomic E-state index is 13.5. The molecule has 0 heterocycles. The van der Waals surface area contributed by atoms with Crippen LogP contribution in [0.25, 0.3) is 0 Å². The summed E-state index contributed by atoms with van der Waals surface area (Å²) in [5.41, 5.74) is 0.600. The number of halogens is 2. The molecule has 2 aromatic rings. The van der Waals surface area contributed by atoms with E-state index in [0.717, 1.165) is 36.6 Å². The molecule has 0 spiro atoms. The lowest BCUT2D eigenvalue weighted by Crippen LogP contribution is -2.45. The predicted molar refractivity (Wildman–Crippen MR) is 122 cm³/mol. The van der Waals surface area contributed by atoms with Gasteiger partial charge >= 0.3 is 0 Å². The van der Waals surface area contributed by atoms with Crippen LogP contribution in [-0.4, -0.2) is 38.3 Å². The quantitative estimate of drug-likeness (QED) is 0.558. The number of hydrogen-bond donors (Lipinski definition) is 1. The zero-order chi connectivity index (χ0) is 21.7. The molecular formula is C21H24BrClN2O4S. The van der Waals surface area contributed by atoms with Gasteiger partial charge in [0.25, 0.3) is 0 Å². The largest absolute Gasteiger partial charge is 0.495 e. The zero-order valence-corrected chi connectivity index (χ0v) is 19.8. The first-order chi connectivity index (χ1) is 14.3. The molecule has 0 aromatic heterocycles. The molecule has 1 saturated carbocycles. The molecular weight excluding hydrogens is 492 g/mol. The number of hydrogen-bond acceptors (Lipinski definition) is 4. The molecule has 0 unspecified atom stereocenters. The third-order valence-electron chi connectivity index (χ3n) is 5.12. The molecule has 0 radical (unpaired) electrons. The number of nitrogens with zero attached hydrogens (tertiary/aromatic N) is 1. The molecule has 9 heteroatoms. The van der Waals surface area contributed by atoms with Gasteiger partial charge in [-0.15, -0.1) is 0 Å². The van der Waals surface area contributed by atoms with Gasteiger partial charge in [0.05, 0.1) is 23.6 Å². The van der Waals surface area contributed by atoms with Crippen molar-refractivity contribution in [2.24, 2.45) is 0 Å². The van der Waals surface area contributed by atoms with E-state index in [1.165, 1.54) is 29.6 Å². The summed E-state index contributed by atoms with van der Waals surface area (Å²) in [6.07, 6.45) is 4.41. The Morgan fingerprint density at radius 2 is 1.93 bits per heavy atom. The van der Waals surface area contributed by atoms with E-state index < -0.39 is 10.0 Å². The second-order valence-electron chi connectivity index (χ2n) is 7.20. The lowest BCUT2D eigenvalue weighted by molar-refractivity contribution is -0.116. The van der Waals surface area contributed by atoms with Gasteiger partial charge in [-0.2, -0.15) is 4.31 Å².